The number of carbonyl (C=O) groups is 2. The van der Waals surface area contributed by atoms with Gasteiger partial charge in [0.2, 0.25) is 5.95 Å². The molecule has 1 unspecified atom stereocenters. The first-order valence-electron chi connectivity index (χ1n) is 11.1. The van der Waals surface area contributed by atoms with E-state index in [1.165, 1.54) is 4.90 Å². The van der Waals surface area contributed by atoms with E-state index in [0.717, 1.165) is 11.1 Å². The Morgan fingerprint density at radius 1 is 1.03 bits per heavy atom. The number of benzene rings is 2. The van der Waals surface area contributed by atoms with E-state index in [0.29, 0.717) is 41.4 Å². The lowest BCUT2D eigenvalue weighted by Gasteiger charge is -2.23. The number of pyridine rings is 1. The van der Waals surface area contributed by atoms with Crippen molar-refractivity contribution in [2.45, 2.75) is 13.0 Å². The third kappa shape index (κ3) is 3.40. The number of imidazole rings is 1. The smallest absolute Gasteiger partial charge is 0.302 e. The molecule has 2 N–H and O–H groups in total. The summed E-state index contributed by atoms with van der Waals surface area (Å²) in [5.41, 5.74) is 3.32. The molecule has 1 fully saturated rings. The Kier molecular flexibility index (Phi) is 4.77. The maximum Gasteiger partial charge on any atom is 0.302 e. The van der Waals surface area contributed by atoms with Gasteiger partial charge in [0, 0.05) is 18.0 Å². The molecule has 2 aliphatic rings. The molecule has 1 atom stereocenters. The van der Waals surface area contributed by atoms with Gasteiger partial charge in [0.25, 0.3) is 5.78 Å². The molecule has 174 valence electrons. The third-order valence-electron chi connectivity index (χ3n) is 6.13. The van der Waals surface area contributed by atoms with Gasteiger partial charge in [-0.2, -0.15) is 0 Å². The van der Waals surface area contributed by atoms with Gasteiger partial charge in [-0.15, -0.1) is 0 Å². The highest BCUT2D eigenvalue weighted by molar-refractivity contribution is 6.51. The van der Waals surface area contributed by atoms with E-state index in [1.54, 1.807) is 42.7 Å². The minimum Gasteiger partial charge on any atom is -0.507 e. The monoisotopic (exact) mass is 468 g/mol. The lowest BCUT2D eigenvalue weighted by Crippen LogP contribution is -2.30. The van der Waals surface area contributed by atoms with Gasteiger partial charge in [0.15, 0.2) is 11.5 Å². The standard InChI is InChI=1S/C26H20N4O5/c1-14-2-4-17-18(12-14)29-26(28-17)30-22(15-6-8-27-9-7-15)21(24(32)25(30)33)23(31)16-3-5-19-20(13-16)35-11-10-34-19/h2-9,12-13,22,31H,10-11H2,1H3,(H,28,29)/b23-21+. The molecule has 0 radical (unpaired) electrons. The Morgan fingerprint density at radius 3 is 2.60 bits per heavy atom. The van der Waals surface area contributed by atoms with Crippen LogP contribution in [0.5, 0.6) is 11.5 Å². The average Bonchev–Trinajstić information content (AvgIpc) is 3.41. The number of hydrogen-bond acceptors (Lipinski definition) is 7. The lowest BCUT2D eigenvalue weighted by molar-refractivity contribution is -0.132. The van der Waals surface area contributed by atoms with Gasteiger partial charge in [-0.05, 0) is 60.5 Å². The van der Waals surface area contributed by atoms with Crippen LogP contribution in [0, 0.1) is 6.92 Å². The van der Waals surface area contributed by atoms with Gasteiger partial charge < -0.3 is 19.6 Å². The number of ether oxygens (including phenoxy) is 2. The predicted octanol–water partition coefficient (Wildman–Crippen LogP) is 3.66. The van der Waals surface area contributed by atoms with Crippen molar-refractivity contribution in [3.8, 4) is 11.5 Å². The molecule has 9 nitrogen and oxygen atoms in total. The topological polar surface area (TPSA) is 118 Å². The zero-order valence-corrected chi connectivity index (χ0v) is 18.7. The highest BCUT2D eigenvalue weighted by Gasteiger charge is 2.48. The van der Waals surface area contributed by atoms with Crippen LogP contribution in [0.25, 0.3) is 16.8 Å². The van der Waals surface area contributed by atoms with E-state index < -0.39 is 17.7 Å². The van der Waals surface area contributed by atoms with Crippen molar-refractivity contribution in [3.63, 3.8) is 0 Å². The molecule has 4 heterocycles. The molecule has 0 spiro atoms. The second kappa shape index (κ2) is 7.98. The number of anilines is 1. The number of aryl methyl sites for hydroxylation is 1. The van der Waals surface area contributed by atoms with Gasteiger partial charge in [0.05, 0.1) is 22.6 Å². The van der Waals surface area contributed by atoms with E-state index in [9.17, 15) is 14.7 Å². The number of H-pyrrole nitrogens is 1. The molecule has 6 rings (SSSR count). The van der Waals surface area contributed by atoms with Crippen molar-refractivity contribution in [2.24, 2.45) is 0 Å². The summed E-state index contributed by atoms with van der Waals surface area (Å²) in [5.74, 6) is -0.677. The predicted molar refractivity (Wildman–Crippen MR) is 127 cm³/mol. The summed E-state index contributed by atoms with van der Waals surface area (Å²) in [5, 5.41) is 11.3. The Labute approximate surface area is 199 Å². The quantitative estimate of drug-likeness (QED) is 0.268. The van der Waals surface area contributed by atoms with Gasteiger partial charge in [-0.3, -0.25) is 19.5 Å². The highest BCUT2D eigenvalue weighted by Crippen LogP contribution is 2.42. The molecule has 4 aromatic rings. The number of fused-ring (bicyclic) bond motifs is 2. The fourth-order valence-corrected chi connectivity index (χ4v) is 4.48. The molecule has 2 aromatic heterocycles. The number of nitrogens with zero attached hydrogens (tertiary/aromatic N) is 3. The van der Waals surface area contributed by atoms with Crippen molar-refractivity contribution >= 4 is 34.4 Å². The molecule has 9 heteroatoms. The molecule has 2 aliphatic heterocycles. The summed E-state index contributed by atoms with van der Waals surface area (Å²) in [6.45, 7) is 2.77. The molecule has 2 aromatic carbocycles. The lowest BCUT2D eigenvalue weighted by atomic mass is 9.96. The van der Waals surface area contributed by atoms with Crippen molar-refractivity contribution in [3.05, 3.63) is 83.2 Å². The summed E-state index contributed by atoms with van der Waals surface area (Å²) < 4.78 is 11.2. The van der Waals surface area contributed by atoms with Gasteiger partial charge in [-0.1, -0.05) is 6.07 Å². The van der Waals surface area contributed by atoms with Crippen LogP contribution in [0.15, 0.2) is 66.5 Å². The zero-order valence-electron chi connectivity index (χ0n) is 18.7. The van der Waals surface area contributed by atoms with Gasteiger partial charge in [-0.25, -0.2) is 4.98 Å². The maximum atomic E-state index is 13.3. The first kappa shape index (κ1) is 20.9. The van der Waals surface area contributed by atoms with Crippen molar-refractivity contribution in [1.82, 2.24) is 15.0 Å². The Hall–Kier alpha value is -4.66. The molecule has 0 aliphatic carbocycles. The highest BCUT2D eigenvalue weighted by atomic mass is 16.6. The van der Waals surface area contributed by atoms with Crippen LogP contribution >= 0.6 is 0 Å². The second-order valence-electron chi connectivity index (χ2n) is 8.39. The van der Waals surface area contributed by atoms with Crippen LogP contribution < -0.4 is 14.4 Å². The van der Waals surface area contributed by atoms with E-state index in [2.05, 4.69) is 15.0 Å². The number of aliphatic hydroxyl groups is 1. The summed E-state index contributed by atoms with van der Waals surface area (Å²) in [6.07, 6.45) is 3.14. The molecule has 1 amide bonds. The fourth-order valence-electron chi connectivity index (χ4n) is 4.48. The van der Waals surface area contributed by atoms with Crippen molar-refractivity contribution in [2.75, 3.05) is 18.1 Å². The number of ketones is 1. The summed E-state index contributed by atoms with van der Waals surface area (Å²) in [7, 11) is 0. The van der Waals surface area contributed by atoms with E-state index in [4.69, 9.17) is 9.47 Å². The SMILES string of the molecule is Cc1ccc2nc(N3C(=O)C(=O)/C(=C(/O)c4ccc5c(c4)OCCO5)C3c3ccncc3)[nH]c2c1. The number of aromatic amines is 1. The van der Waals surface area contributed by atoms with Crippen LogP contribution in [0.4, 0.5) is 5.95 Å². The number of Topliss-reactive ketones (excluding diaryl/α,β-unsaturated/α-hetero) is 1. The Bertz CT molecular complexity index is 1530. The van der Waals surface area contributed by atoms with E-state index in [-0.39, 0.29) is 17.3 Å². The normalized spacial score (nSPS) is 18.9. The summed E-state index contributed by atoms with van der Waals surface area (Å²) in [4.78, 5) is 39.7. The Balaban J connectivity index is 1.53. The fraction of sp³-hybridized carbons (Fsp3) is 0.154. The van der Waals surface area contributed by atoms with Gasteiger partial charge in [0.1, 0.15) is 19.0 Å². The number of aromatic nitrogens is 3. The van der Waals surface area contributed by atoms with Crippen LogP contribution in [0.1, 0.15) is 22.7 Å². The molecule has 0 saturated carbocycles. The van der Waals surface area contributed by atoms with E-state index >= 15 is 0 Å². The van der Waals surface area contributed by atoms with Crippen LogP contribution in [-0.2, 0) is 9.59 Å². The molecule has 35 heavy (non-hydrogen) atoms. The van der Waals surface area contributed by atoms with Gasteiger partial charge >= 0.3 is 5.91 Å². The number of hydrogen-bond donors (Lipinski definition) is 2. The summed E-state index contributed by atoms with van der Waals surface area (Å²) in [6, 6.07) is 13.1. The first-order valence-corrected chi connectivity index (χ1v) is 11.1. The summed E-state index contributed by atoms with van der Waals surface area (Å²) >= 11 is 0. The minimum absolute atomic E-state index is 0.0467. The maximum absolute atomic E-state index is 13.3. The number of aliphatic hydroxyl groups excluding tert-OH is 1. The minimum atomic E-state index is -0.909. The zero-order chi connectivity index (χ0) is 24.1. The number of nitrogens with one attached hydrogen (secondary N) is 1. The van der Waals surface area contributed by atoms with Crippen LogP contribution in [0.2, 0.25) is 0 Å². The first-order chi connectivity index (χ1) is 17.0. The molecular formula is C26H20N4O5. The molecular weight excluding hydrogens is 448 g/mol. The van der Waals surface area contributed by atoms with Crippen molar-refractivity contribution < 1.29 is 24.2 Å². The van der Waals surface area contributed by atoms with Crippen molar-refractivity contribution in [1.29, 1.82) is 0 Å². The number of rotatable bonds is 3. The number of amides is 1. The van der Waals surface area contributed by atoms with Crippen LogP contribution in [-0.4, -0.2) is 45.0 Å². The molecule has 1 saturated heterocycles. The Morgan fingerprint density at radius 2 is 1.80 bits per heavy atom. The van der Waals surface area contributed by atoms with E-state index in [1.807, 2.05) is 25.1 Å². The average molecular weight is 468 g/mol. The van der Waals surface area contributed by atoms with Crippen LogP contribution in [0.3, 0.4) is 0 Å². The largest absolute Gasteiger partial charge is 0.507 e. The number of carbonyl (C=O) groups excluding carboxylic acids is 2. The third-order valence-corrected chi connectivity index (χ3v) is 6.13. The molecule has 0 bridgehead atoms. The second-order valence-corrected chi connectivity index (χ2v) is 8.39.